The van der Waals surface area contributed by atoms with Crippen LogP contribution in [0.3, 0.4) is 0 Å². The first-order chi connectivity index (χ1) is 9.49. The van der Waals surface area contributed by atoms with Crippen LogP contribution >= 0.6 is 11.8 Å². The minimum absolute atomic E-state index is 0.000330. The molecule has 1 N–H and O–H groups in total. The molecule has 108 valence electrons. The van der Waals surface area contributed by atoms with Gasteiger partial charge in [-0.3, -0.25) is 4.79 Å². The van der Waals surface area contributed by atoms with Gasteiger partial charge in [0.05, 0.1) is 5.75 Å². The normalized spacial score (nSPS) is 13.0. The fourth-order valence-corrected chi connectivity index (χ4v) is 2.50. The number of imidazole rings is 1. The molecule has 0 saturated heterocycles. The molecule has 0 amide bonds. The Morgan fingerprint density at radius 3 is 2.95 bits per heavy atom. The number of hydrogen-bond acceptors (Lipinski definition) is 5. The van der Waals surface area contributed by atoms with Gasteiger partial charge < -0.3 is 14.6 Å². The Morgan fingerprint density at radius 2 is 2.30 bits per heavy atom. The van der Waals surface area contributed by atoms with Gasteiger partial charge in [0, 0.05) is 18.8 Å². The molecule has 0 aliphatic rings. The van der Waals surface area contributed by atoms with Crippen molar-refractivity contribution in [1.29, 1.82) is 0 Å². The molecule has 0 bridgehead atoms. The van der Waals surface area contributed by atoms with E-state index in [1.807, 2.05) is 30.8 Å². The van der Waals surface area contributed by atoms with Gasteiger partial charge in [-0.15, -0.1) is 0 Å². The molecule has 0 radical (unpaired) electrons. The lowest BCUT2D eigenvalue weighted by Gasteiger charge is -2.21. The number of hydrogen-bond donors (Lipinski definition) is 1. The van der Waals surface area contributed by atoms with Crippen LogP contribution in [0.15, 0.2) is 23.5 Å². The Kier molecular flexibility index (Phi) is 4.61. The second-order valence-electron chi connectivity index (χ2n) is 4.85. The first-order valence-corrected chi connectivity index (χ1v) is 7.30. The van der Waals surface area contributed by atoms with Crippen LogP contribution in [-0.4, -0.2) is 56.4 Å². The van der Waals surface area contributed by atoms with Gasteiger partial charge in [0.2, 0.25) is 0 Å². The summed E-state index contributed by atoms with van der Waals surface area (Å²) in [6.07, 6.45) is 1.73. The predicted octanol–water partition coefficient (Wildman–Crippen LogP) is 1.56. The van der Waals surface area contributed by atoms with Crippen molar-refractivity contribution in [2.75, 3.05) is 19.8 Å². The maximum Gasteiger partial charge on any atom is 0.313 e. The van der Waals surface area contributed by atoms with Crippen LogP contribution in [0, 0.1) is 0 Å². The zero-order chi connectivity index (χ0) is 14.7. The molecule has 1 unspecified atom stereocenters. The van der Waals surface area contributed by atoms with E-state index in [0.29, 0.717) is 11.2 Å². The molecular weight excluding hydrogens is 276 g/mol. The fraction of sp³-hybridized carbons (Fsp3) is 0.462. The molecule has 0 aliphatic heterocycles. The molecule has 6 nitrogen and oxygen atoms in total. The first-order valence-electron chi connectivity index (χ1n) is 6.31. The van der Waals surface area contributed by atoms with Crippen LogP contribution in [0.1, 0.15) is 6.92 Å². The van der Waals surface area contributed by atoms with Crippen LogP contribution in [-0.2, 0) is 11.3 Å². The second kappa shape index (κ2) is 6.23. The maximum absolute atomic E-state index is 10.7. The minimum Gasteiger partial charge on any atom is -0.481 e. The van der Waals surface area contributed by atoms with Crippen molar-refractivity contribution in [3.05, 3.63) is 18.3 Å². The minimum atomic E-state index is -0.845. The summed E-state index contributed by atoms with van der Waals surface area (Å²) in [6.45, 7) is 2.84. The number of nitrogens with zero attached hydrogens (tertiary/aromatic N) is 4. The average molecular weight is 294 g/mol. The molecule has 2 aromatic heterocycles. The van der Waals surface area contributed by atoms with Gasteiger partial charge in [0.1, 0.15) is 5.52 Å². The van der Waals surface area contributed by atoms with Crippen molar-refractivity contribution >= 4 is 28.9 Å². The molecule has 0 saturated carbocycles. The summed E-state index contributed by atoms with van der Waals surface area (Å²) < 4.78 is 1.99. The van der Waals surface area contributed by atoms with Crippen molar-refractivity contribution in [1.82, 2.24) is 19.4 Å². The van der Waals surface area contributed by atoms with E-state index in [1.165, 1.54) is 11.8 Å². The summed E-state index contributed by atoms with van der Waals surface area (Å²) in [4.78, 5) is 21.7. The number of carboxylic acids is 1. The molecule has 0 aromatic carbocycles. The maximum atomic E-state index is 10.7. The lowest BCUT2D eigenvalue weighted by Crippen LogP contribution is -2.29. The summed E-state index contributed by atoms with van der Waals surface area (Å²) in [6, 6.07) is 4.03. The van der Waals surface area contributed by atoms with Gasteiger partial charge in [-0.2, -0.15) is 0 Å². The quantitative estimate of drug-likeness (QED) is 0.815. The molecular formula is C13H18N4O2S. The topological polar surface area (TPSA) is 71.2 Å². The Bertz CT molecular complexity index is 611. The number of rotatable bonds is 6. The number of thioether (sulfide) groups is 1. The van der Waals surface area contributed by atoms with Crippen molar-refractivity contribution < 1.29 is 9.90 Å². The Balaban J connectivity index is 2.36. The third-order valence-electron chi connectivity index (χ3n) is 3.12. The molecule has 0 fully saturated rings. The smallest absolute Gasteiger partial charge is 0.313 e. The lowest BCUT2D eigenvalue weighted by atomic mass is 10.3. The number of aliphatic carboxylic acids is 1. The Morgan fingerprint density at radius 1 is 1.55 bits per heavy atom. The highest BCUT2D eigenvalue weighted by Gasteiger charge is 2.16. The van der Waals surface area contributed by atoms with Crippen LogP contribution in [0.5, 0.6) is 0 Å². The zero-order valence-corrected chi connectivity index (χ0v) is 12.6. The van der Waals surface area contributed by atoms with E-state index in [9.17, 15) is 4.79 Å². The number of pyridine rings is 1. The highest BCUT2D eigenvalue weighted by molar-refractivity contribution is 7.99. The van der Waals surface area contributed by atoms with Gasteiger partial charge in [-0.1, -0.05) is 11.8 Å². The van der Waals surface area contributed by atoms with Gasteiger partial charge in [-0.25, -0.2) is 9.97 Å². The van der Waals surface area contributed by atoms with Crippen LogP contribution in [0.4, 0.5) is 0 Å². The summed E-state index contributed by atoms with van der Waals surface area (Å²) in [5, 5.41) is 9.53. The summed E-state index contributed by atoms with van der Waals surface area (Å²) in [5.74, 6) is -0.845. The van der Waals surface area contributed by atoms with Crippen LogP contribution in [0.25, 0.3) is 11.2 Å². The van der Waals surface area contributed by atoms with Crippen molar-refractivity contribution in [2.45, 2.75) is 24.7 Å². The summed E-state index contributed by atoms with van der Waals surface area (Å²) in [7, 11) is 4.03. The van der Waals surface area contributed by atoms with Gasteiger partial charge >= 0.3 is 5.97 Å². The lowest BCUT2D eigenvalue weighted by molar-refractivity contribution is -0.133. The van der Waals surface area contributed by atoms with E-state index >= 15 is 0 Å². The van der Waals surface area contributed by atoms with E-state index in [4.69, 9.17) is 5.11 Å². The van der Waals surface area contributed by atoms with E-state index in [0.717, 1.165) is 17.7 Å². The van der Waals surface area contributed by atoms with Crippen molar-refractivity contribution in [3.8, 4) is 0 Å². The number of likely N-dealkylation sites (N-methyl/N-ethyl adjacent to an activating group) is 1. The zero-order valence-electron chi connectivity index (χ0n) is 11.8. The van der Waals surface area contributed by atoms with Crippen molar-refractivity contribution in [2.24, 2.45) is 0 Å². The second-order valence-corrected chi connectivity index (χ2v) is 5.79. The number of fused-ring (bicyclic) bond motifs is 1. The standard InChI is InChI=1S/C13H18N4O2S/c1-9(16(2)3)7-17-12-10(5-4-6-14-12)15-13(17)20-8-11(18)19/h4-6,9H,7-8H2,1-3H3,(H,18,19). The Labute approximate surface area is 121 Å². The predicted molar refractivity (Wildman–Crippen MR) is 79.0 cm³/mol. The molecule has 7 heteroatoms. The fourth-order valence-electron chi connectivity index (χ4n) is 1.77. The monoisotopic (exact) mass is 294 g/mol. The average Bonchev–Trinajstić information content (AvgIpc) is 2.74. The van der Waals surface area contributed by atoms with Crippen molar-refractivity contribution in [3.63, 3.8) is 0 Å². The molecule has 0 aliphatic carbocycles. The van der Waals surface area contributed by atoms with E-state index < -0.39 is 5.97 Å². The molecule has 2 rings (SSSR count). The van der Waals surface area contributed by atoms with Gasteiger partial charge in [0.15, 0.2) is 10.8 Å². The van der Waals surface area contributed by atoms with E-state index in [1.54, 1.807) is 6.20 Å². The number of carbonyl (C=O) groups is 1. The molecule has 1 atom stereocenters. The largest absolute Gasteiger partial charge is 0.481 e. The first kappa shape index (κ1) is 14.8. The molecule has 0 spiro atoms. The third kappa shape index (κ3) is 3.29. The number of carboxylic acid groups (broad SMARTS) is 1. The molecule has 20 heavy (non-hydrogen) atoms. The number of aromatic nitrogens is 3. The highest BCUT2D eigenvalue weighted by atomic mass is 32.2. The van der Waals surface area contributed by atoms with E-state index in [-0.39, 0.29) is 5.75 Å². The van der Waals surface area contributed by atoms with Crippen LogP contribution in [0.2, 0.25) is 0 Å². The molecule has 2 aromatic rings. The molecule has 2 heterocycles. The van der Waals surface area contributed by atoms with Crippen LogP contribution < -0.4 is 0 Å². The van der Waals surface area contributed by atoms with Gasteiger partial charge in [-0.05, 0) is 33.2 Å². The summed E-state index contributed by atoms with van der Waals surface area (Å²) >= 11 is 1.23. The van der Waals surface area contributed by atoms with Gasteiger partial charge in [0.25, 0.3) is 0 Å². The highest BCUT2D eigenvalue weighted by Crippen LogP contribution is 2.23. The third-order valence-corrected chi connectivity index (χ3v) is 4.08. The summed E-state index contributed by atoms with van der Waals surface area (Å²) in [5.41, 5.74) is 1.60. The SMILES string of the molecule is CC(Cn1c(SCC(=O)O)nc2cccnc21)N(C)C. The Hall–Kier alpha value is -1.60. The van der Waals surface area contributed by atoms with E-state index in [2.05, 4.69) is 21.8 Å².